The molecule has 1 saturated carbocycles. The van der Waals surface area contributed by atoms with Crippen molar-refractivity contribution in [1.29, 1.82) is 0 Å². The number of oxime groups is 1. The van der Waals surface area contributed by atoms with Crippen LogP contribution >= 0.6 is 0 Å². The van der Waals surface area contributed by atoms with Crippen LogP contribution in [0.3, 0.4) is 0 Å². The molecule has 0 bridgehead atoms. The van der Waals surface area contributed by atoms with E-state index in [0.29, 0.717) is 60.8 Å². The Balaban J connectivity index is 1.13. The van der Waals surface area contributed by atoms with Gasteiger partial charge in [0.05, 0.1) is 17.8 Å². The number of unbranched alkanes of at least 4 members (excludes halogenated alkanes) is 2. The molecule has 1 saturated heterocycles. The fourth-order valence-corrected chi connectivity index (χ4v) is 6.48. The van der Waals surface area contributed by atoms with Crippen molar-refractivity contribution in [1.82, 2.24) is 20.2 Å². The lowest BCUT2D eigenvalue weighted by atomic mass is 9.86. The maximum atomic E-state index is 11.8. The molecule has 2 N–H and O–H groups in total. The SMILES string of the molecule is CCC(=O)CCCCC[C@H](NC(O)C1=NOC2(CCN(C(C)C)CC2)C1)c1ncc(-c2ccc3nc(C4CC4)ccc3c2)o1. The molecule has 2 atom stereocenters. The third kappa shape index (κ3) is 7.22. The van der Waals surface area contributed by atoms with E-state index in [1.165, 1.54) is 18.5 Å². The molecule has 1 spiro atoms. The lowest BCUT2D eigenvalue weighted by molar-refractivity contribution is -0.118. The molecular weight excluding hydrogens is 554 g/mol. The van der Waals surface area contributed by atoms with E-state index in [1.807, 2.05) is 13.0 Å². The number of aliphatic hydroxyl groups excluding tert-OH is 1. The molecule has 2 aliphatic heterocycles. The van der Waals surface area contributed by atoms with E-state index in [9.17, 15) is 9.90 Å². The van der Waals surface area contributed by atoms with Gasteiger partial charge < -0.3 is 19.3 Å². The summed E-state index contributed by atoms with van der Waals surface area (Å²) >= 11 is 0. The molecule has 9 nitrogen and oxygen atoms in total. The number of fused-ring (bicyclic) bond motifs is 1. The zero-order valence-corrected chi connectivity index (χ0v) is 26.4. The number of piperidine rings is 1. The first-order valence-corrected chi connectivity index (χ1v) is 16.6. The highest BCUT2D eigenvalue weighted by atomic mass is 16.7. The fourth-order valence-electron chi connectivity index (χ4n) is 6.48. The molecule has 3 aromatic rings. The molecule has 6 rings (SSSR count). The van der Waals surface area contributed by atoms with E-state index in [1.54, 1.807) is 6.20 Å². The van der Waals surface area contributed by atoms with Gasteiger partial charge in [-0.2, -0.15) is 0 Å². The first kappa shape index (κ1) is 30.9. The lowest BCUT2D eigenvalue weighted by Gasteiger charge is -2.39. The lowest BCUT2D eigenvalue weighted by Crippen LogP contribution is -2.48. The molecule has 4 heterocycles. The van der Waals surface area contributed by atoms with Gasteiger partial charge in [-0.25, -0.2) is 4.98 Å². The summed E-state index contributed by atoms with van der Waals surface area (Å²) in [6, 6.07) is 10.7. The number of pyridine rings is 1. The summed E-state index contributed by atoms with van der Waals surface area (Å²) in [6.07, 6.45) is 10.3. The van der Waals surface area contributed by atoms with Crippen LogP contribution in [0.1, 0.15) is 115 Å². The Labute approximate surface area is 260 Å². The van der Waals surface area contributed by atoms with Gasteiger partial charge in [0.1, 0.15) is 23.3 Å². The maximum Gasteiger partial charge on any atom is 0.212 e. The normalized spacial score (nSPS) is 19.8. The van der Waals surface area contributed by atoms with Crippen molar-refractivity contribution in [3.8, 4) is 11.3 Å². The standard InChI is InChI=1S/C35H47N5O4/c1-4-27(41)8-6-5-7-9-30(38-33(42)31-21-35(44-39-31)16-18-40(19-17-35)23(2)3)34-36-22-32(43-34)26-13-15-29-25(20-26)12-14-28(37-29)24-10-11-24/h12-15,20,22-24,30,33,38,42H,4-11,16-19,21H2,1-3H3/t30-,33?/m0/s1. The van der Waals surface area contributed by atoms with Crippen LogP contribution in [0.25, 0.3) is 22.2 Å². The van der Waals surface area contributed by atoms with Gasteiger partial charge in [-0.05, 0) is 63.8 Å². The highest BCUT2D eigenvalue weighted by Crippen LogP contribution is 2.40. The molecule has 1 aromatic carbocycles. The number of nitrogens with one attached hydrogen (secondary N) is 1. The molecule has 1 aliphatic carbocycles. The second kappa shape index (κ2) is 13.5. The van der Waals surface area contributed by atoms with E-state index in [0.717, 1.165) is 61.7 Å². The number of nitrogens with zero attached hydrogens (tertiary/aromatic N) is 4. The number of likely N-dealkylation sites (tertiary alicyclic amines) is 1. The summed E-state index contributed by atoms with van der Waals surface area (Å²) in [5, 5.41) is 20.1. The Hall–Kier alpha value is -3.14. The first-order valence-electron chi connectivity index (χ1n) is 16.6. The minimum absolute atomic E-state index is 0.300. The summed E-state index contributed by atoms with van der Waals surface area (Å²) in [5.41, 5.74) is 3.42. The number of oxazole rings is 1. The summed E-state index contributed by atoms with van der Waals surface area (Å²) in [7, 11) is 0. The Bertz CT molecular complexity index is 1470. The van der Waals surface area contributed by atoms with E-state index in [4.69, 9.17) is 14.2 Å². The van der Waals surface area contributed by atoms with Crippen LogP contribution in [-0.2, 0) is 9.63 Å². The number of aromatic nitrogens is 2. The van der Waals surface area contributed by atoms with Gasteiger partial charge in [0, 0.05) is 73.8 Å². The number of hydrogen-bond acceptors (Lipinski definition) is 9. The average molecular weight is 602 g/mol. The van der Waals surface area contributed by atoms with Gasteiger partial charge in [0.15, 0.2) is 5.76 Å². The summed E-state index contributed by atoms with van der Waals surface area (Å²) < 4.78 is 6.34. The zero-order valence-electron chi connectivity index (χ0n) is 26.4. The highest BCUT2D eigenvalue weighted by Gasteiger charge is 2.44. The van der Waals surface area contributed by atoms with Gasteiger partial charge in [-0.3, -0.25) is 15.1 Å². The monoisotopic (exact) mass is 601 g/mol. The number of ketones is 1. The fraction of sp³-hybridized carbons (Fsp3) is 0.600. The highest BCUT2D eigenvalue weighted by molar-refractivity contribution is 5.89. The van der Waals surface area contributed by atoms with Crippen LogP contribution < -0.4 is 5.32 Å². The number of carbonyl (C=O) groups excluding carboxylic acids is 1. The molecule has 44 heavy (non-hydrogen) atoms. The quantitative estimate of drug-likeness (QED) is 0.156. The minimum atomic E-state index is -0.966. The molecule has 2 aromatic heterocycles. The van der Waals surface area contributed by atoms with Crippen molar-refractivity contribution in [2.45, 2.75) is 121 Å². The van der Waals surface area contributed by atoms with Crippen LogP contribution in [-0.4, -0.2) is 62.4 Å². The Morgan fingerprint density at radius 3 is 2.70 bits per heavy atom. The average Bonchev–Trinajstić information content (AvgIpc) is 3.63. The summed E-state index contributed by atoms with van der Waals surface area (Å²) in [6.45, 7) is 8.30. The van der Waals surface area contributed by atoms with Crippen molar-refractivity contribution in [2.75, 3.05) is 13.1 Å². The second-order valence-electron chi connectivity index (χ2n) is 13.3. The van der Waals surface area contributed by atoms with E-state index in [2.05, 4.69) is 58.5 Å². The van der Waals surface area contributed by atoms with Crippen LogP contribution in [0, 0.1) is 0 Å². The smallest absolute Gasteiger partial charge is 0.212 e. The molecule has 1 unspecified atom stereocenters. The number of carbonyl (C=O) groups is 1. The number of benzene rings is 1. The maximum absolute atomic E-state index is 11.8. The second-order valence-corrected chi connectivity index (χ2v) is 13.3. The number of Topliss-reactive ketones (excluding diaryl/α,β-unsaturated/α-hetero) is 1. The Morgan fingerprint density at radius 1 is 1.14 bits per heavy atom. The van der Waals surface area contributed by atoms with Crippen molar-refractivity contribution in [3.05, 3.63) is 48.1 Å². The molecule has 2 fully saturated rings. The molecule has 0 amide bonds. The number of rotatable bonds is 14. The summed E-state index contributed by atoms with van der Waals surface area (Å²) in [5.74, 6) is 2.13. The van der Waals surface area contributed by atoms with E-state index < -0.39 is 6.23 Å². The molecule has 9 heteroatoms. The predicted molar refractivity (Wildman–Crippen MR) is 171 cm³/mol. The van der Waals surface area contributed by atoms with Gasteiger partial charge in [0.2, 0.25) is 5.89 Å². The Kier molecular flexibility index (Phi) is 9.45. The topological polar surface area (TPSA) is 113 Å². The summed E-state index contributed by atoms with van der Waals surface area (Å²) in [4.78, 5) is 29.7. The molecular formula is C35H47N5O4. The third-order valence-corrected chi connectivity index (χ3v) is 9.63. The van der Waals surface area contributed by atoms with Crippen LogP contribution in [0.2, 0.25) is 0 Å². The van der Waals surface area contributed by atoms with Crippen LogP contribution in [0.5, 0.6) is 0 Å². The van der Waals surface area contributed by atoms with Crippen molar-refractivity contribution in [3.63, 3.8) is 0 Å². The minimum Gasteiger partial charge on any atom is -0.439 e. The number of aliphatic hydroxyl groups is 1. The van der Waals surface area contributed by atoms with Crippen LogP contribution in [0.4, 0.5) is 0 Å². The molecule has 236 valence electrons. The molecule has 0 radical (unpaired) electrons. The van der Waals surface area contributed by atoms with Gasteiger partial charge in [0.25, 0.3) is 0 Å². The zero-order chi connectivity index (χ0) is 30.7. The first-order chi connectivity index (χ1) is 21.3. The van der Waals surface area contributed by atoms with Gasteiger partial charge >= 0.3 is 0 Å². The largest absolute Gasteiger partial charge is 0.439 e. The number of hydrogen-bond donors (Lipinski definition) is 2. The van der Waals surface area contributed by atoms with Crippen molar-refractivity contribution in [2.24, 2.45) is 5.16 Å². The Morgan fingerprint density at radius 2 is 1.95 bits per heavy atom. The van der Waals surface area contributed by atoms with E-state index in [-0.39, 0.29) is 11.6 Å². The van der Waals surface area contributed by atoms with Gasteiger partial charge in [-0.1, -0.05) is 31.0 Å². The molecule has 3 aliphatic rings. The van der Waals surface area contributed by atoms with Crippen molar-refractivity contribution >= 4 is 22.4 Å². The van der Waals surface area contributed by atoms with Crippen molar-refractivity contribution < 1.29 is 19.2 Å². The van der Waals surface area contributed by atoms with Crippen LogP contribution in [0.15, 0.2) is 46.1 Å². The predicted octanol–water partition coefficient (Wildman–Crippen LogP) is 6.67. The van der Waals surface area contributed by atoms with Gasteiger partial charge in [-0.15, -0.1) is 0 Å². The third-order valence-electron chi connectivity index (χ3n) is 9.63. The van der Waals surface area contributed by atoms with E-state index >= 15 is 0 Å².